The summed E-state index contributed by atoms with van der Waals surface area (Å²) < 4.78 is 1.56. The number of halogens is 1. The Hall–Kier alpha value is -1.44. The number of nitrogens with one attached hydrogen (secondary N) is 1. The highest BCUT2D eigenvalue weighted by molar-refractivity contribution is 9.10. The van der Waals surface area contributed by atoms with E-state index in [1.807, 2.05) is 0 Å². The van der Waals surface area contributed by atoms with Crippen molar-refractivity contribution >= 4 is 27.7 Å². The average molecular weight is 345 g/mol. The first-order valence-corrected chi connectivity index (χ1v) is 7.43. The van der Waals surface area contributed by atoms with Crippen LogP contribution >= 0.6 is 15.9 Å². The van der Waals surface area contributed by atoms with E-state index in [9.17, 15) is 14.9 Å². The van der Waals surface area contributed by atoms with Gasteiger partial charge in [0.1, 0.15) is 11.0 Å². The van der Waals surface area contributed by atoms with Gasteiger partial charge in [0.2, 0.25) is 5.91 Å². The number of amides is 1. The molecule has 1 aromatic heterocycles. The lowest BCUT2D eigenvalue weighted by molar-refractivity contribution is -0.390. The molecule has 0 aliphatic heterocycles. The normalized spacial score (nSPS) is 22.5. The highest BCUT2D eigenvalue weighted by Gasteiger charge is 2.24. The van der Waals surface area contributed by atoms with Gasteiger partial charge >= 0.3 is 5.82 Å². The van der Waals surface area contributed by atoms with Crippen LogP contribution in [0.3, 0.4) is 0 Å². The molecule has 8 heteroatoms. The van der Waals surface area contributed by atoms with Crippen molar-refractivity contribution in [2.75, 3.05) is 0 Å². The molecule has 2 rings (SSSR count). The van der Waals surface area contributed by atoms with Gasteiger partial charge in [-0.25, -0.2) is 0 Å². The summed E-state index contributed by atoms with van der Waals surface area (Å²) >= 11 is 3.06. The Morgan fingerprint density at radius 3 is 2.90 bits per heavy atom. The van der Waals surface area contributed by atoms with Crippen LogP contribution in [0.1, 0.15) is 32.6 Å². The molecule has 110 valence electrons. The summed E-state index contributed by atoms with van der Waals surface area (Å²) in [6, 6.07) is 0.199. The third kappa shape index (κ3) is 3.56. The fourth-order valence-corrected chi connectivity index (χ4v) is 2.98. The molecule has 7 nitrogen and oxygen atoms in total. The SMILES string of the molecule is C[C@H]1CCCC[C@H]1NC(=O)Cn1cc(Br)c([N+](=O)[O-])n1. The van der Waals surface area contributed by atoms with Gasteiger partial charge in [-0.2, -0.15) is 4.68 Å². The van der Waals surface area contributed by atoms with Crippen LogP contribution in [-0.4, -0.2) is 26.7 Å². The van der Waals surface area contributed by atoms with Gasteiger partial charge in [0, 0.05) is 6.04 Å². The van der Waals surface area contributed by atoms with Crippen molar-refractivity contribution in [3.63, 3.8) is 0 Å². The molecule has 0 spiro atoms. The summed E-state index contributed by atoms with van der Waals surface area (Å²) in [7, 11) is 0. The second kappa shape index (κ2) is 6.34. The zero-order valence-electron chi connectivity index (χ0n) is 11.2. The lowest BCUT2D eigenvalue weighted by atomic mass is 9.86. The molecule has 1 heterocycles. The minimum absolute atomic E-state index is 0.00431. The van der Waals surface area contributed by atoms with Gasteiger partial charge in [-0.15, -0.1) is 0 Å². The largest absolute Gasteiger partial charge is 0.404 e. The number of nitrogens with zero attached hydrogens (tertiary/aromatic N) is 3. The van der Waals surface area contributed by atoms with Crippen LogP contribution in [0, 0.1) is 16.0 Å². The van der Waals surface area contributed by atoms with E-state index in [1.54, 1.807) is 0 Å². The molecule has 1 N–H and O–H groups in total. The maximum absolute atomic E-state index is 12.0. The molecule has 0 bridgehead atoms. The molecule has 0 radical (unpaired) electrons. The third-order valence-electron chi connectivity index (χ3n) is 3.64. The highest BCUT2D eigenvalue weighted by atomic mass is 79.9. The second-order valence-corrected chi connectivity index (χ2v) is 6.05. The van der Waals surface area contributed by atoms with E-state index in [0.717, 1.165) is 19.3 Å². The Morgan fingerprint density at radius 1 is 1.60 bits per heavy atom. The van der Waals surface area contributed by atoms with Crippen molar-refractivity contribution in [1.29, 1.82) is 0 Å². The topological polar surface area (TPSA) is 90.1 Å². The summed E-state index contributed by atoms with van der Waals surface area (Å²) in [6.07, 6.45) is 5.92. The predicted octanol–water partition coefficient (Wildman–Crippen LogP) is 2.25. The summed E-state index contributed by atoms with van der Waals surface area (Å²) in [6.45, 7) is 2.13. The van der Waals surface area contributed by atoms with Crippen molar-refractivity contribution in [3.8, 4) is 0 Å². The number of carbonyl (C=O) groups excluding carboxylic acids is 1. The second-order valence-electron chi connectivity index (χ2n) is 5.19. The van der Waals surface area contributed by atoms with Crippen molar-refractivity contribution < 1.29 is 9.72 Å². The zero-order valence-corrected chi connectivity index (χ0v) is 12.8. The Balaban J connectivity index is 1.94. The van der Waals surface area contributed by atoms with Crippen LogP contribution in [0.25, 0.3) is 0 Å². The predicted molar refractivity (Wildman–Crippen MR) is 76.1 cm³/mol. The molecule has 1 saturated carbocycles. The van der Waals surface area contributed by atoms with Crippen molar-refractivity contribution in [3.05, 3.63) is 20.8 Å². The molecule has 0 aromatic carbocycles. The Kier molecular flexibility index (Phi) is 4.74. The summed E-state index contributed by atoms with van der Waals surface area (Å²) in [5, 5.41) is 17.4. The Labute approximate surface area is 125 Å². The summed E-state index contributed by atoms with van der Waals surface area (Å²) in [5.41, 5.74) is 0. The summed E-state index contributed by atoms with van der Waals surface area (Å²) in [4.78, 5) is 22.1. The van der Waals surface area contributed by atoms with Crippen LogP contribution < -0.4 is 5.32 Å². The number of carbonyl (C=O) groups is 1. The van der Waals surface area contributed by atoms with Gasteiger partial charge in [-0.05, 0) is 39.6 Å². The number of hydrogen-bond donors (Lipinski definition) is 1. The van der Waals surface area contributed by atoms with Gasteiger partial charge in [-0.1, -0.05) is 19.8 Å². The summed E-state index contributed by atoms with van der Waals surface area (Å²) in [5.74, 6) is 0.0453. The monoisotopic (exact) mass is 344 g/mol. The fourth-order valence-electron chi connectivity index (χ4n) is 2.52. The molecule has 1 aromatic rings. The first kappa shape index (κ1) is 15.0. The molecular weight excluding hydrogens is 328 g/mol. The fraction of sp³-hybridized carbons (Fsp3) is 0.667. The molecule has 0 unspecified atom stereocenters. The van der Waals surface area contributed by atoms with E-state index in [4.69, 9.17) is 0 Å². The van der Waals surface area contributed by atoms with E-state index in [0.29, 0.717) is 5.92 Å². The van der Waals surface area contributed by atoms with Gasteiger partial charge in [0.15, 0.2) is 0 Å². The van der Waals surface area contributed by atoms with E-state index < -0.39 is 4.92 Å². The minimum atomic E-state index is -0.582. The van der Waals surface area contributed by atoms with Crippen LogP contribution in [0.5, 0.6) is 0 Å². The van der Waals surface area contributed by atoms with Crippen molar-refractivity contribution in [1.82, 2.24) is 15.1 Å². The first-order chi connectivity index (χ1) is 9.47. The Bertz CT molecular complexity index is 517. The number of nitro groups is 1. The number of aromatic nitrogens is 2. The maximum atomic E-state index is 12.0. The Morgan fingerprint density at radius 2 is 2.30 bits per heavy atom. The zero-order chi connectivity index (χ0) is 14.7. The molecule has 1 aliphatic carbocycles. The molecular formula is C12H17BrN4O3. The molecule has 1 amide bonds. The van der Waals surface area contributed by atoms with E-state index >= 15 is 0 Å². The first-order valence-electron chi connectivity index (χ1n) is 6.64. The van der Waals surface area contributed by atoms with Gasteiger partial charge in [-0.3, -0.25) is 4.79 Å². The van der Waals surface area contributed by atoms with Crippen LogP contribution in [0.4, 0.5) is 5.82 Å². The quantitative estimate of drug-likeness (QED) is 0.669. The van der Waals surface area contributed by atoms with Crippen LogP contribution in [-0.2, 0) is 11.3 Å². The highest BCUT2D eigenvalue weighted by Crippen LogP contribution is 2.24. The standard InChI is InChI=1S/C12H17BrN4O3/c1-8-4-2-3-5-10(8)14-11(18)7-16-6-9(13)12(15-16)17(19)20/h6,8,10H,2-5,7H2,1H3,(H,14,18)/t8-,10+/m0/s1. The maximum Gasteiger partial charge on any atom is 0.404 e. The van der Waals surface area contributed by atoms with E-state index in [-0.39, 0.29) is 28.8 Å². The van der Waals surface area contributed by atoms with Gasteiger partial charge < -0.3 is 15.4 Å². The molecule has 1 fully saturated rings. The van der Waals surface area contributed by atoms with Crippen molar-refractivity contribution in [2.45, 2.75) is 45.2 Å². The van der Waals surface area contributed by atoms with Crippen LogP contribution in [0.2, 0.25) is 0 Å². The van der Waals surface area contributed by atoms with E-state index in [1.165, 1.54) is 17.3 Å². The average Bonchev–Trinajstić information content (AvgIpc) is 2.73. The smallest absolute Gasteiger partial charge is 0.358 e. The van der Waals surface area contributed by atoms with Crippen LogP contribution in [0.15, 0.2) is 10.7 Å². The molecule has 20 heavy (non-hydrogen) atoms. The molecule has 0 saturated heterocycles. The van der Waals surface area contributed by atoms with Crippen molar-refractivity contribution in [2.24, 2.45) is 5.92 Å². The van der Waals surface area contributed by atoms with Gasteiger partial charge in [0.05, 0.1) is 11.3 Å². The lowest BCUT2D eigenvalue weighted by Gasteiger charge is -2.29. The lowest BCUT2D eigenvalue weighted by Crippen LogP contribution is -2.42. The molecule has 1 aliphatic rings. The number of rotatable bonds is 4. The van der Waals surface area contributed by atoms with Gasteiger partial charge in [0.25, 0.3) is 0 Å². The van der Waals surface area contributed by atoms with E-state index in [2.05, 4.69) is 33.3 Å². The molecule has 2 atom stereocenters. The third-order valence-corrected chi connectivity index (χ3v) is 4.19. The number of hydrogen-bond acceptors (Lipinski definition) is 4. The minimum Gasteiger partial charge on any atom is -0.358 e.